The van der Waals surface area contributed by atoms with E-state index in [4.69, 9.17) is 9.15 Å². The highest BCUT2D eigenvalue weighted by molar-refractivity contribution is 6.25. The van der Waals surface area contributed by atoms with Crippen LogP contribution in [0.2, 0.25) is 0 Å². The SMILES string of the molecule is CCCCN1C(=O)C2=C(c3ccc(N(c4ccccc4)c4ccccc4)o3)N(CCCC)C(=O)C2=C1C1=CCC(N(c2ccccc2)c2ccccc2)O1. The lowest BCUT2D eigenvalue weighted by Crippen LogP contribution is -2.34. The number of rotatable bonds is 14. The zero-order valence-corrected chi connectivity index (χ0v) is 30.7. The number of carbonyl (C=O) groups is 2. The average Bonchev–Trinajstić information content (AvgIpc) is 4.00. The molecule has 1 aromatic heterocycles. The lowest BCUT2D eigenvalue weighted by atomic mass is 10.1. The Labute approximate surface area is 316 Å². The second-order valence-corrected chi connectivity index (χ2v) is 13.6. The molecule has 0 saturated heterocycles. The molecule has 3 aliphatic rings. The van der Waals surface area contributed by atoms with E-state index in [0.29, 0.717) is 59.5 Å². The van der Waals surface area contributed by atoms with Crippen molar-refractivity contribution in [2.75, 3.05) is 22.9 Å². The molecule has 0 N–H and O–H groups in total. The molecule has 0 aliphatic carbocycles. The largest absolute Gasteiger partial charge is 0.468 e. The van der Waals surface area contributed by atoms with Crippen LogP contribution in [0.25, 0.3) is 5.70 Å². The summed E-state index contributed by atoms with van der Waals surface area (Å²) in [4.78, 5) is 37.2. The molecule has 8 rings (SSSR count). The van der Waals surface area contributed by atoms with E-state index < -0.39 is 0 Å². The van der Waals surface area contributed by atoms with Gasteiger partial charge in [-0.25, -0.2) is 0 Å². The van der Waals surface area contributed by atoms with Crippen LogP contribution >= 0.6 is 0 Å². The number of carbonyl (C=O) groups excluding carboxylic acids is 2. The summed E-state index contributed by atoms with van der Waals surface area (Å²) < 4.78 is 13.5. The second kappa shape index (κ2) is 15.4. The van der Waals surface area contributed by atoms with E-state index >= 15 is 0 Å². The zero-order chi connectivity index (χ0) is 37.0. The highest BCUT2D eigenvalue weighted by atomic mass is 16.5. The third kappa shape index (κ3) is 6.38. The van der Waals surface area contributed by atoms with Crippen LogP contribution in [0.3, 0.4) is 0 Å². The summed E-state index contributed by atoms with van der Waals surface area (Å²) in [5.41, 5.74) is 5.68. The van der Waals surface area contributed by atoms with Crippen molar-refractivity contribution in [2.45, 2.75) is 52.2 Å². The first-order valence-electron chi connectivity index (χ1n) is 19.0. The van der Waals surface area contributed by atoms with E-state index in [9.17, 15) is 9.59 Å². The first-order chi connectivity index (χ1) is 26.6. The number of hydrogen-bond donors (Lipinski definition) is 0. The molecule has 0 spiro atoms. The van der Waals surface area contributed by atoms with Gasteiger partial charge in [-0.1, -0.05) is 99.5 Å². The Balaban J connectivity index is 1.22. The summed E-state index contributed by atoms with van der Waals surface area (Å²) in [5.74, 6) is 1.20. The minimum absolute atomic E-state index is 0.201. The van der Waals surface area contributed by atoms with Crippen LogP contribution in [0.15, 0.2) is 167 Å². The summed E-state index contributed by atoms with van der Waals surface area (Å²) in [6, 6.07) is 44.2. The smallest absolute Gasteiger partial charge is 0.261 e. The number of para-hydroxylation sites is 4. The van der Waals surface area contributed by atoms with Crippen molar-refractivity contribution in [1.29, 1.82) is 0 Å². The summed E-state index contributed by atoms with van der Waals surface area (Å²) in [5, 5.41) is 0. The van der Waals surface area contributed by atoms with Crippen molar-refractivity contribution in [3.8, 4) is 0 Å². The molecule has 0 fully saturated rings. The molecule has 1 unspecified atom stereocenters. The van der Waals surface area contributed by atoms with E-state index in [1.54, 1.807) is 9.80 Å². The van der Waals surface area contributed by atoms with Gasteiger partial charge in [0.25, 0.3) is 11.8 Å². The first-order valence-corrected chi connectivity index (χ1v) is 19.0. The normalized spacial score (nSPS) is 16.6. The molecule has 1 atom stereocenters. The lowest BCUT2D eigenvalue weighted by Gasteiger charge is -2.32. The highest BCUT2D eigenvalue weighted by Crippen LogP contribution is 2.48. The number of ether oxygens (including phenoxy) is 1. The Morgan fingerprint density at radius 1 is 0.593 bits per heavy atom. The molecule has 2 amide bonds. The molecule has 8 heteroatoms. The summed E-state index contributed by atoms with van der Waals surface area (Å²) >= 11 is 0. The number of amides is 2. The molecule has 272 valence electrons. The van der Waals surface area contributed by atoms with Gasteiger partial charge in [0.1, 0.15) is 11.5 Å². The Kier molecular flexibility index (Phi) is 9.90. The van der Waals surface area contributed by atoms with E-state index in [1.165, 1.54) is 0 Å². The monoisotopic (exact) mass is 716 g/mol. The maximum atomic E-state index is 14.8. The van der Waals surface area contributed by atoms with Gasteiger partial charge in [-0.15, -0.1) is 0 Å². The van der Waals surface area contributed by atoms with Crippen molar-refractivity contribution < 1.29 is 18.7 Å². The highest BCUT2D eigenvalue weighted by Gasteiger charge is 2.51. The Morgan fingerprint density at radius 2 is 1.06 bits per heavy atom. The van der Waals surface area contributed by atoms with Gasteiger partial charge in [-0.3, -0.25) is 14.5 Å². The Hall–Kier alpha value is -6.28. The molecule has 0 radical (unpaired) electrons. The lowest BCUT2D eigenvalue weighted by molar-refractivity contribution is -0.124. The van der Waals surface area contributed by atoms with Crippen molar-refractivity contribution in [3.05, 3.63) is 168 Å². The second-order valence-electron chi connectivity index (χ2n) is 13.6. The maximum Gasteiger partial charge on any atom is 0.261 e. The fourth-order valence-electron chi connectivity index (χ4n) is 7.52. The minimum Gasteiger partial charge on any atom is -0.468 e. The van der Waals surface area contributed by atoms with Gasteiger partial charge in [0, 0.05) is 48.3 Å². The summed E-state index contributed by atoms with van der Waals surface area (Å²) in [7, 11) is 0. The van der Waals surface area contributed by atoms with Crippen molar-refractivity contribution in [3.63, 3.8) is 0 Å². The molecule has 8 nitrogen and oxygen atoms in total. The molecule has 4 heterocycles. The van der Waals surface area contributed by atoms with E-state index in [1.807, 2.05) is 120 Å². The summed E-state index contributed by atoms with van der Waals surface area (Å²) in [6.07, 6.45) is 5.56. The van der Waals surface area contributed by atoms with Crippen LogP contribution in [0, 0.1) is 0 Å². The van der Waals surface area contributed by atoms with Crippen LogP contribution in [-0.2, 0) is 14.3 Å². The quantitative estimate of drug-likeness (QED) is 0.114. The van der Waals surface area contributed by atoms with E-state index in [0.717, 1.165) is 48.4 Å². The van der Waals surface area contributed by atoms with Gasteiger partial charge in [-0.05, 0) is 73.5 Å². The number of furan rings is 1. The number of fused-ring (bicyclic) bond motifs is 1. The summed E-state index contributed by atoms with van der Waals surface area (Å²) in [6.45, 7) is 5.13. The fraction of sp³-hybridized carbons (Fsp3) is 0.217. The van der Waals surface area contributed by atoms with Crippen molar-refractivity contribution in [2.24, 2.45) is 0 Å². The molecule has 0 saturated carbocycles. The average molecular weight is 717 g/mol. The van der Waals surface area contributed by atoms with Gasteiger partial charge in [-0.2, -0.15) is 0 Å². The fourth-order valence-corrected chi connectivity index (χ4v) is 7.52. The molecule has 0 bridgehead atoms. The molecule has 4 aromatic carbocycles. The molecular weight excluding hydrogens is 673 g/mol. The molecule has 54 heavy (non-hydrogen) atoms. The number of benzene rings is 4. The van der Waals surface area contributed by atoms with Gasteiger partial charge in [0.05, 0.1) is 16.8 Å². The predicted octanol–water partition coefficient (Wildman–Crippen LogP) is 10.5. The van der Waals surface area contributed by atoms with Gasteiger partial charge < -0.3 is 23.9 Å². The number of nitrogens with zero attached hydrogens (tertiary/aromatic N) is 4. The standard InChI is InChI=1S/C46H44N4O4/c1-3-5-31-47-43(37-27-29-39(53-37)49(33-19-11-7-12-20-33)34-21-13-8-14-22-34)41-42(45(47)51)44(48(46(41)52)32-6-4-2)38-28-30-40(54-38)50(35-23-15-9-16-24-35)36-25-17-10-18-26-36/h7-29,40H,3-6,30-32H2,1-2H3. The maximum absolute atomic E-state index is 14.8. The van der Waals surface area contributed by atoms with Crippen LogP contribution in [0.4, 0.5) is 28.6 Å². The van der Waals surface area contributed by atoms with E-state index in [-0.39, 0.29) is 18.0 Å². The third-order valence-electron chi connectivity index (χ3n) is 10.1. The number of anilines is 5. The zero-order valence-electron chi connectivity index (χ0n) is 30.7. The topological polar surface area (TPSA) is 69.5 Å². The Morgan fingerprint density at radius 3 is 1.56 bits per heavy atom. The first kappa shape index (κ1) is 34.8. The van der Waals surface area contributed by atoms with Crippen molar-refractivity contribution >= 4 is 46.1 Å². The van der Waals surface area contributed by atoms with Crippen LogP contribution in [0.5, 0.6) is 0 Å². The van der Waals surface area contributed by atoms with Crippen molar-refractivity contribution in [1.82, 2.24) is 9.80 Å². The molecular formula is C46H44N4O4. The predicted molar refractivity (Wildman–Crippen MR) is 213 cm³/mol. The van der Waals surface area contributed by atoms with Crippen LogP contribution in [-0.4, -0.2) is 40.9 Å². The minimum atomic E-state index is -0.379. The Bertz CT molecular complexity index is 2130. The molecule has 3 aliphatic heterocycles. The molecule has 5 aromatic rings. The van der Waals surface area contributed by atoms with Crippen LogP contribution < -0.4 is 9.80 Å². The van der Waals surface area contributed by atoms with Gasteiger partial charge in [0.2, 0.25) is 5.88 Å². The van der Waals surface area contributed by atoms with Gasteiger partial charge in [0.15, 0.2) is 12.0 Å². The van der Waals surface area contributed by atoms with Gasteiger partial charge >= 0.3 is 0 Å². The van der Waals surface area contributed by atoms with Crippen LogP contribution in [0.1, 0.15) is 51.7 Å². The third-order valence-corrected chi connectivity index (χ3v) is 10.1. The van der Waals surface area contributed by atoms with E-state index in [2.05, 4.69) is 43.0 Å². The number of unbranched alkanes of at least 4 members (excludes halogenated alkanes) is 2. The number of hydrogen-bond acceptors (Lipinski definition) is 6.